The fourth-order valence-corrected chi connectivity index (χ4v) is 4.88. The van der Waals surface area contributed by atoms with Crippen molar-refractivity contribution in [3.8, 4) is 16.9 Å². The first-order valence-electron chi connectivity index (χ1n) is 10.3. The maximum absolute atomic E-state index is 6.30. The van der Waals surface area contributed by atoms with Crippen molar-refractivity contribution in [2.24, 2.45) is 0 Å². The van der Waals surface area contributed by atoms with E-state index < -0.39 is 0 Å². The van der Waals surface area contributed by atoms with Crippen LogP contribution in [-0.2, 0) is 0 Å². The third kappa shape index (κ3) is 4.34. The topological polar surface area (TPSA) is 77.2 Å². The van der Waals surface area contributed by atoms with Gasteiger partial charge in [-0.3, -0.25) is 4.98 Å². The van der Waals surface area contributed by atoms with Crippen LogP contribution in [0.2, 0.25) is 0 Å². The molecule has 31 heavy (non-hydrogen) atoms. The highest BCUT2D eigenvalue weighted by Gasteiger charge is 2.19. The summed E-state index contributed by atoms with van der Waals surface area (Å²) in [5.41, 5.74) is 5.01. The van der Waals surface area contributed by atoms with Crippen LogP contribution >= 0.6 is 11.8 Å². The second kappa shape index (κ2) is 8.19. The fourth-order valence-electron chi connectivity index (χ4n) is 3.79. The van der Waals surface area contributed by atoms with E-state index in [1.165, 1.54) is 0 Å². The highest BCUT2D eigenvalue weighted by atomic mass is 32.2. The number of anilines is 2. The summed E-state index contributed by atoms with van der Waals surface area (Å²) in [6.07, 6.45) is 5.15. The third-order valence-electron chi connectivity index (χ3n) is 5.18. The number of aromatic nitrogens is 5. The number of nitrogens with zero attached hydrogens (tertiary/aromatic N) is 5. The average Bonchev–Trinajstić information content (AvgIpc) is 3.37. The van der Waals surface area contributed by atoms with Gasteiger partial charge in [0.15, 0.2) is 5.82 Å². The molecule has 0 bridgehead atoms. The molecule has 1 saturated heterocycles. The Labute approximate surface area is 185 Å². The van der Waals surface area contributed by atoms with Crippen LogP contribution in [0.15, 0.2) is 42.7 Å². The number of rotatable bonds is 5. The molecular weight excluding hydrogens is 408 g/mol. The number of ether oxygens (including phenoxy) is 1. The average molecular weight is 433 g/mol. The molecule has 0 spiro atoms. The predicted octanol–water partition coefficient (Wildman–Crippen LogP) is 4.74. The zero-order chi connectivity index (χ0) is 21.4. The molecular formula is C23H24N6OS. The van der Waals surface area contributed by atoms with Crippen molar-refractivity contribution in [1.82, 2.24) is 24.6 Å². The summed E-state index contributed by atoms with van der Waals surface area (Å²) in [6.45, 7) is 5.84. The molecule has 4 aromatic heterocycles. The molecule has 1 aliphatic heterocycles. The second-order valence-corrected chi connectivity index (χ2v) is 8.96. The van der Waals surface area contributed by atoms with Gasteiger partial charge >= 0.3 is 0 Å². The van der Waals surface area contributed by atoms with E-state index in [1.807, 2.05) is 61.6 Å². The van der Waals surface area contributed by atoms with Gasteiger partial charge in [0, 0.05) is 41.0 Å². The minimum atomic E-state index is 0.252. The summed E-state index contributed by atoms with van der Waals surface area (Å²) in [6, 6.07) is 10.2. The molecule has 0 radical (unpaired) electrons. The van der Waals surface area contributed by atoms with Crippen LogP contribution in [0.3, 0.4) is 0 Å². The Morgan fingerprint density at radius 3 is 2.77 bits per heavy atom. The Kier molecular flexibility index (Phi) is 5.23. The number of hydrogen-bond acceptors (Lipinski definition) is 7. The summed E-state index contributed by atoms with van der Waals surface area (Å²) in [5, 5.41) is 7.91. The summed E-state index contributed by atoms with van der Waals surface area (Å²) in [4.78, 5) is 13.2. The first-order chi connectivity index (χ1) is 15.0. The lowest BCUT2D eigenvalue weighted by Gasteiger charge is -2.16. The molecule has 0 aromatic carbocycles. The van der Waals surface area contributed by atoms with Crippen molar-refractivity contribution >= 4 is 28.9 Å². The van der Waals surface area contributed by atoms with E-state index in [0.717, 1.165) is 69.2 Å². The Hall–Kier alpha value is -3.13. The normalized spacial score (nSPS) is 16.0. The van der Waals surface area contributed by atoms with E-state index in [-0.39, 0.29) is 6.10 Å². The van der Waals surface area contributed by atoms with Crippen molar-refractivity contribution in [3.63, 3.8) is 0 Å². The first-order valence-corrected chi connectivity index (χ1v) is 11.5. The van der Waals surface area contributed by atoms with Gasteiger partial charge in [0.25, 0.3) is 0 Å². The van der Waals surface area contributed by atoms with Crippen LogP contribution in [0, 0.1) is 20.8 Å². The summed E-state index contributed by atoms with van der Waals surface area (Å²) < 4.78 is 8.16. The number of thioether (sulfide) groups is 1. The molecule has 5 heterocycles. The van der Waals surface area contributed by atoms with Gasteiger partial charge < -0.3 is 10.1 Å². The van der Waals surface area contributed by atoms with E-state index in [4.69, 9.17) is 4.74 Å². The van der Waals surface area contributed by atoms with Gasteiger partial charge in [0.1, 0.15) is 23.5 Å². The van der Waals surface area contributed by atoms with Crippen LogP contribution in [0.1, 0.15) is 23.6 Å². The molecule has 0 amide bonds. The Bertz CT molecular complexity index is 1230. The zero-order valence-electron chi connectivity index (χ0n) is 17.8. The maximum atomic E-state index is 6.30. The maximum Gasteiger partial charge on any atom is 0.154 e. The lowest BCUT2D eigenvalue weighted by molar-refractivity contribution is 0.229. The van der Waals surface area contributed by atoms with E-state index in [2.05, 4.69) is 43.6 Å². The minimum absolute atomic E-state index is 0.252. The summed E-state index contributed by atoms with van der Waals surface area (Å²) in [7, 11) is 0. The molecule has 0 saturated carbocycles. The van der Waals surface area contributed by atoms with Crippen LogP contribution in [0.25, 0.3) is 16.6 Å². The number of nitrogens with one attached hydrogen (secondary N) is 1. The van der Waals surface area contributed by atoms with E-state index in [9.17, 15) is 0 Å². The molecule has 1 atom stereocenters. The van der Waals surface area contributed by atoms with Crippen molar-refractivity contribution in [3.05, 3.63) is 59.9 Å². The molecule has 1 N–H and O–H groups in total. The molecule has 0 unspecified atom stereocenters. The molecule has 0 aliphatic carbocycles. The van der Waals surface area contributed by atoms with Crippen LogP contribution in [0.5, 0.6) is 5.75 Å². The highest BCUT2D eigenvalue weighted by Crippen LogP contribution is 2.33. The van der Waals surface area contributed by atoms with Gasteiger partial charge in [-0.15, -0.1) is 0 Å². The summed E-state index contributed by atoms with van der Waals surface area (Å²) in [5.74, 6) is 5.24. The fraction of sp³-hybridized carbons (Fsp3) is 0.304. The highest BCUT2D eigenvalue weighted by molar-refractivity contribution is 7.99. The lowest BCUT2D eigenvalue weighted by atomic mass is 10.1. The van der Waals surface area contributed by atoms with Crippen molar-refractivity contribution in [1.29, 1.82) is 0 Å². The van der Waals surface area contributed by atoms with E-state index >= 15 is 0 Å². The molecule has 8 heteroatoms. The van der Waals surface area contributed by atoms with E-state index in [1.54, 1.807) is 0 Å². The van der Waals surface area contributed by atoms with E-state index in [0.29, 0.717) is 0 Å². The molecule has 1 aliphatic rings. The SMILES string of the molecule is Cc1cc(-c2ccn3nc(Nc4cc(C)nc(C)n4)cc3c2)c(O[C@@H]2CCSC2)cn1. The molecule has 5 rings (SSSR count). The monoisotopic (exact) mass is 432 g/mol. The largest absolute Gasteiger partial charge is 0.487 e. The van der Waals surface area contributed by atoms with Gasteiger partial charge in [-0.2, -0.15) is 16.9 Å². The molecule has 1 fully saturated rings. The Balaban J connectivity index is 1.47. The van der Waals surface area contributed by atoms with Gasteiger partial charge in [-0.05, 0) is 56.7 Å². The van der Waals surface area contributed by atoms with Gasteiger partial charge in [-0.1, -0.05) is 0 Å². The Morgan fingerprint density at radius 2 is 1.97 bits per heavy atom. The van der Waals surface area contributed by atoms with Gasteiger partial charge in [0.05, 0.1) is 11.7 Å². The zero-order valence-corrected chi connectivity index (χ0v) is 18.6. The molecule has 158 valence electrons. The Morgan fingerprint density at radius 1 is 1.06 bits per heavy atom. The lowest BCUT2D eigenvalue weighted by Crippen LogP contribution is -2.15. The van der Waals surface area contributed by atoms with Crippen LogP contribution in [0.4, 0.5) is 11.6 Å². The standard InChI is InChI=1S/C23H24N6OS/c1-14-8-20(21(12-24-14)30-19-5-7-31-13-19)17-4-6-29-18(10-17)11-23(28-29)27-22-9-15(2)25-16(3)26-22/h4,6,8-12,19H,5,7,13H2,1-3H3,(H,25,26,27,28)/t19-/m1/s1. The molecule has 7 nitrogen and oxygen atoms in total. The van der Waals surface area contributed by atoms with Crippen molar-refractivity contribution in [2.75, 3.05) is 16.8 Å². The number of fused-ring (bicyclic) bond motifs is 1. The minimum Gasteiger partial charge on any atom is -0.487 e. The number of pyridine rings is 2. The third-order valence-corrected chi connectivity index (χ3v) is 6.31. The molecule has 4 aromatic rings. The number of aryl methyl sites for hydroxylation is 3. The second-order valence-electron chi connectivity index (χ2n) is 7.81. The van der Waals surface area contributed by atoms with Gasteiger partial charge in [-0.25, -0.2) is 14.5 Å². The van der Waals surface area contributed by atoms with Crippen molar-refractivity contribution < 1.29 is 4.74 Å². The van der Waals surface area contributed by atoms with Gasteiger partial charge in [0.2, 0.25) is 0 Å². The summed E-state index contributed by atoms with van der Waals surface area (Å²) >= 11 is 1.94. The smallest absolute Gasteiger partial charge is 0.154 e. The number of hydrogen-bond donors (Lipinski definition) is 1. The predicted molar refractivity (Wildman–Crippen MR) is 124 cm³/mol. The van der Waals surface area contributed by atoms with Crippen molar-refractivity contribution in [2.45, 2.75) is 33.3 Å². The van der Waals surface area contributed by atoms with Crippen LogP contribution in [-0.4, -0.2) is 42.2 Å². The van der Waals surface area contributed by atoms with Crippen LogP contribution < -0.4 is 10.1 Å². The first kappa shape index (κ1) is 19.8. The quantitative estimate of drug-likeness (QED) is 0.488.